The molecule has 8 nitrogen and oxygen atoms in total. The van der Waals surface area contributed by atoms with Gasteiger partial charge in [0, 0.05) is 36.7 Å². The van der Waals surface area contributed by atoms with E-state index < -0.39 is 0 Å². The zero-order valence-electron chi connectivity index (χ0n) is 19.6. The van der Waals surface area contributed by atoms with Crippen molar-refractivity contribution in [3.8, 4) is 28.6 Å². The van der Waals surface area contributed by atoms with Gasteiger partial charge in [0.2, 0.25) is 11.8 Å². The number of fused-ring (bicyclic) bond motifs is 1. The Kier molecular flexibility index (Phi) is 6.49. The Morgan fingerprint density at radius 1 is 1.15 bits per heavy atom. The molecule has 2 fully saturated rings. The molecule has 2 aliphatic rings. The topological polar surface area (TPSA) is 85.8 Å². The molecule has 0 bridgehead atoms. The molecule has 2 atom stereocenters. The van der Waals surface area contributed by atoms with Gasteiger partial charge in [-0.05, 0) is 62.8 Å². The van der Waals surface area contributed by atoms with E-state index in [0.29, 0.717) is 43.9 Å². The molecule has 0 saturated carbocycles. The predicted octanol–water partition coefficient (Wildman–Crippen LogP) is 3.29. The molecule has 178 valence electrons. The number of carbonyl (C=O) groups is 1. The average molecular weight is 463 g/mol. The van der Waals surface area contributed by atoms with Crippen LogP contribution in [0, 0.1) is 5.92 Å². The summed E-state index contributed by atoms with van der Waals surface area (Å²) in [5, 5.41) is 3.69. The number of nitrogens with one attached hydrogen (secondary N) is 1. The van der Waals surface area contributed by atoms with Crippen LogP contribution in [-0.2, 0) is 4.79 Å². The fourth-order valence-corrected chi connectivity index (χ4v) is 4.60. The number of amides is 1. The van der Waals surface area contributed by atoms with Gasteiger partial charge in [0.25, 0.3) is 0 Å². The molecule has 5 rings (SSSR count). The zero-order chi connectivity index (χ0) is 23.5. The van der Waals surface area contributed by atoms with Gasteiger partial charge in [-0.25, -0.2) is 4.98 Å². The largest absolute Gasteiger partial charge is 0.493 e. The van der Waals surface area contributed by atoms with Crippen LogP contribution in [0.2, 0.25) is 0 Å². The molecule has 1 amide bonds. The number of nitrogens with zero attached hydrogens (tertiary/aromatic N) is 3. The highest BCUT2D eigenvalue weighted by atomic mass is 16.5. The predicted molar refractivity (Wildman–Crippen MR) is 129 cm³/mol. The molecule has 0 spiro atoms. The summed E-state index contributed by atoms with van der Waals surface area (Å²) in [5.41, 5.74) is 2.42. The van der Waals surface area contributed by atoms with Gasteiger partial charge in [-0.3, -0.25) is 9.78 Å². The maximum absolute atomic E-state index is 11.5. The first-order valence-corrected chi connectivity index (χ1v) is 11.8. The molecule has 3 aromatic rings. The summed E-state index contributed by atoms with van der Waals surface area (Å²) in [5.74, 6) is 2.11. The van der Waals surface area contributed by atoms with E-state index in [1.165, 1.54) is 6.42 Å². The second-order valence-electron chi connectivity index (χ2n) is 9.02. The molecular formula is C26H30N4O4. The Balaban J connectivity index is 1.39. The van der Waals surface area contributed by atoms with Crippen molar-refractivity contribution in [2.24, 2.45) is 5.92 Å². The minimum absolute atomic E-state index is 0.0656. The highest BCUT2D eigenvalue weighted by Crippen LogP contribution is 2.35. The van der Waals surface area contributed by atoms with Gasteiger partial charge in [-0.2, -0.15) is 0 Å². The summed E-state index contributed by atoms with van der Waals surface area (Å²) >= 11 is 0. The van der Waals surface area contributed by atoms with E-state index >= 15 is 0 Å². The number of likely N-dealkylation sites (tertiary alicyclic amines) is 1. The summed E-state index contributed by atoms with van der Waals surface area (Å²) in [6.07, 6.45) is 4.59. The highest BCUT2D eigenvalue weighted by Gasteiger charge is 2.23. The van der Waals surface area contributed by atoms with Gasteiger partial charge in [0.05, 0.1) is 30.3 Å². The smallest absolute Gasteiger partial charge is 0.223 e. The van der Waals surface area contributed by atoms with Gasteiger partial charge in [0.1, 0.15) is 6.61 Å². The second-order valence-corrected chi connectivity index (χ2v) is 9.02. The minimum atomic E-state index is 0.0656. The van der Waals surface area contributed by atoms with Crippen molar-refractivity contribution < 1.29 is 19.0 Å². The van der Waals surface area contributed by atoms with Crippen LogP contribution >= 0.6 is 0 Å². The first kappa shape index (κ1) is 22.4. The van der Waals surface area contributed by atoms with Crippen molar-refractivity contribution in [1.29, 1.82) is 0 Å². The quantitative estimate of drug-likeness (QED) is 0.550. The van der Waals surface area contributed by atoms with E-state index in [4.69, 9.17) is 19.2 Å². The first-order valence-electron chi connectivity index (χ1n) is 11.8. The Morgan fingerprint density at radius 2 is 2.06 bits per heavy atom. The Hall–Kier alpha value is -3.39. The summed E-state index contributed by atoms with van der Waals surface area (Å²) < 4.78 is 17.8. The number of carbonyl (C=O) groups excluding carboxylic acids is 1. The monoisotopic (exact) mass is 462 g/mol. The number of rotatable bonds is 8. The van der Waals surface area contributed by atoms with Crippen LogP contribution in [0.4, 0.5) is 0 Å². The van der Waals surface area contributed by atoms with Crippen molar-refractivity contribution in [2.75, 3.05) is 40.5 Å². The summed E-state index contributed by atoms with van der Waals surface area (Å²) in [6, 6.07) is 12.1. The van der Waals surface area contributed by atoms with Crippen LogP contribution < -0.4 is 19.5 Å². The zero-order valence-corrected chi connectivity index (χ0v) is 19.6. The standard InChI is InChI=1S/C26H30N4O4/c1-30-10-4-5-19(30)16-33-23-8-7-18(12-24(23)32-2)21-13-22-20(6-3-9-27-22)26(29-21)34-15-17-11-25(31)28-14-17/h3,6-9,12-13,17,19H,4-5,10-11,14-16H2,1-2H3,(H,28,31)/t17-,19?/m1/s1. The number of hydrogen-bond donors (Lipinski definition) is 1. The van der Waals surface area contributed by atoms with E-state index in [1.807, 2.05) is 36.4 Å². The van der Waals surface area contributed by atoms with E-state index in [-0.39, 0.29) is 11.8 Å². The van der Waals surface area contributed by atoms with E-state index in [1.54, 1.807) is 13.3 Å². The molecule has 2 saturated heterocycles. The average Bonchev–Trinajstić information content (AvgIpc) is 3.48. The van der Waals surface area contributed by atoms with Crippen LogP contribution in [0.5, 0.6) is 17.4 Å². The highest BCUT2D eigenvalue weighted by molar-refractivity contribution is 5.87. The normalized spacial score (nSPS) is 20.5. The Labute approximate surface area is 199 Å². The van der Waals surface area contributed by atoms with Crippen molar-refractivity contribution >= 4 is 16.8 Å². The second kappa shape index (κ2) is 9.85. The molecular weight excluding hydrogens is 432 g/mol. The van der Waals surface area contributed by atoms with Gasteiger partial charge >= 0.3 is 0 Å². The third-order valence-corrected chi connectivity index (χ3v) is 6.64. The van der Waals surface area contributed by atoms with Crippen LogP contribution in [0.25, 0.3) is 22.2 Å². The van der Waals surface area contributed by atoms with E-state index in [0.717, 1.165) is 40.9 Å². The van der Waals surface area contributed by atoms with E-state index in [2.05, 4.69) is 22.2 Å². The molecule has 8 heteroatoms. The van der Waals surface area contributed by atoms with Crippen molar-refractivity contribution in [1.82, 2.24) is 20.2 Å². The first-order chi connectivity index (χ1) is 16.6. The van der Waals surface area contributed by atoms with Gasteiger partial charge in [0.15, 0.2) is 11.5 Å². The van der Waals surface area contributed by atoms with Crippen molar-refractivity contribution in [3.63, 3.8) is 0 Å². The van der Waals surface area contributed by atoms with Gasteiger partial charge < -0.3 is 24.4 Å². The molecule has 1 aromatic carbocycles. The third-order valence-electron chi connectivity index (χ3n) is 6.64. The maximum atomic E-state index is 11.5. The lowest BCUT2D eigenvalue weighted by Gasteiger charge is -2.20. The number of ether oxygens (including phenoxy) is 3. The number of hydrogen-bond acceptors (Lipinski definition) is 7. The summed E-state index contributed by atoms with van der Waals surface area (Å²) in [7, 11) is 3.79. The fraction of sp³-hybridized carbons (Fsp3) is 0.423. The number of methoxy groups -OCH3 is 1. The molecule has 34 heavy (non-hydrogen) atoms. The lowest BCUT2D eigenvalue weighted by molar-refractivity contribution is -0.119. The van der Waals surface area contributed by atoms with Crippen LogP contribution in [0.15, 0.2) is 42.6 Å². The van der Waals surface area contributed by atoms with Crippen molar-refractivity contribution in [3.05, 3.63) is 42.6 Å². The fourth-order valence-electron chi connectivity index (χ4n) is 4.60. The number of benzene rings is 1. The van der Waals surface area contributed by atoms with Crippen LogP contribution in [0.3, 0.4) is 0 Å². The molecule has 0 radical (unpaired) electrons. The summed E-state index contributed by atoms with van der Waals surface area (Å²) in [6.45, 7) is 2.81. The molecule has 0 aliphatic carbocycles. The number of likely N-dealkylation sites (N-methyl/N-ethyl adjacent to an activating group) is 1. The van der Waals surface area contributed by atoms with Gasteiger partial charge in [-0.15, -0.1) is 0 Å². The lowest BCUT2D eigenvalue weighted by atomic mass is 10.1. The Morgan fingerprint density at radius 3 is 2.82 bits per heavy atom. The molecule has 4 heterocycles. The van der Waals surface area contributed by atoms with Crippen molar-refractivity contribution in [2.45, 2.75) is 25.3 Å². The maximum Gasteiger partial charge on any atom is 0.223 e. The van der Waals surface area contributed by atoms with Gasteiger partial charge in [-0.1, -0.05) is 0 Å². The SMILES string of the molecule is COc1cc(-c2cc3ncccc3c(OC[C@H]3CNC(=O)C3)n2)ccc1OCC1CCCN1C. The summed E-state index contributed by atoms with van der Waals surface area (Å²) in [4.78, 5) is 23.2. The molecule has 1 N–H and O–H groups in total. The molecule has 1 unspecified atom stereocenters. The number of pyridine rings is 2. The third kappa shape index (κ3) is 4.77. The van der Waals surface area contributed by atoms with E-state index in [9.17, 15) is 4.79 Å². The van der Waals surface area contributed by atoms with Crippen LogP contribution in [-0.4, -0.2) is 67.3 Å². The molecule has 2 aliphatic heterocycles. The van der Waals surface area contributed by atoms with Crippen LogP contribution in [0.1, 0.15) is 19.3 Å². The Bertz CT molecular complexity index is 1180. The molecule has 2 aromatic heterocycles. The number of aromatic nitrogens is 2. The minimum Gasteiger partial charge on any atom is -0.493 e. The lowest BCUT2D eigenvalue weighted by Crippen LogP contribution is -2.30.